The van der Waals surface area contributed by atoms with Crippen LogP contribution in [0.25, 0.3) is 0 Å². The average molecular weight is 519 g/mol. The molecule has 0 amide bonds. The molecular formula is C17H35IN4O2S2. The molecule has 0 aromatic carbocycles. The van der Waals surface area contributed by atoms with Gasteiger partial charge in [0.2, 0.25) is 10.0 Å². The normalized spacial score (nSPS) is 24.5. The Kier molecular flexibility index (Phi) is 11.8. The molecule has 2 atom stereocenters. The van der Waals surface area contributed by atoms with Gasteiger partial charge in [0.15, 0.2) is 5.96 Å². The van der Waals surface area contributed by atoms with Crippen LogP contribution in [-0.4, -0.2) is 57.3 Å². The topological polar surface area (TPSA) is 82.6 Å². The van der Waals surface area contributed by atoms with Crippen molar-refractivity contribution in [1.29, 1.82) is 0 Å². The van der Waals surface area contributed by atoms with Crippen molar-refractivity contribution in [3.8, 4) is 0 Å². The molecule has 3 N–H and O–H groups in total. The zero-order valence-electron chi connectivity index (χ0n) is 16.0. The molecule has 6 nitrogen and oxygen atoms in total. The molecule has 2 saturated carbocycles. The van der Waals surface area contributed by atoms with Gasteiger partial charge in [0.1, 0.15) is 0 Å². The van der Waals surface area contributed by atoms with Gasteiger partial charge in [-0.05, 0) is 43.8 Å². The highest BCUT2D eigenvalue weighted by Gasteiger charge is 2.23. The van der Waals surface area contributed by atoms with Crippen LogP contribution >= 0.6 is 35.7 Å². The fourth-order valence-electron chi connectivity index (χ4n) is 3.37. The lowest BCUT2D eigenvalue weighted by Gasteiger charge is -2.30. The van der Waals surface area contributed by atoms with Gasteiger partial charge in [-0.2, -0.15) is 11.8 Å². The fourth-order valence-corrected chi connectivity index (χ4v) is 5.55. The number of thioether (sulfide) groups is 1. The number of sulfonamides is 1. The molecule has 9 heteroatoms. The molecule has 2 fully saturated rings. The first-order valence-corrected chi connectivity index (χ1v) is 12.3. The molecule has 0 saturated heterocycles. The second-order valence-electron chi connectivity index (χ2n) is 7.05. The van der Waals surface area contributed by atoms with E-state index in [9.17, 15) is 8.42 Å². The standard InChI is InChI=1S/C17H34N4O2S2.HI/c1-3-24-16-9-5-8-15(12-16)21-17(18-2)19-10-11-25(22,23)20-13-14-6-4-7-14;/h14-16,20H,3-13H2,1-2H3,(H2,18,19,21);1H. The van der Waals surface area contributed by atoms with Crippen LogP contribution < -0.4 is 15.4 Å². The van der Waals surface area contributed by atoms with Gasteiger partial charge in [-0.1, -0.05) is 19.8 Å². The van der Waals surface area contributed by atoms with Gasteiger partial charge in [-0.25, -0.2) is 13.1 Å². The maximum Gasteiger partial charge on any atom is 0.213 e. The highest BCUT2D eigenvalue weighted by molar-refractivity contribution is 14.0. The minimum absolute atomic E-state index is 0. The Bertz CT molecular complexity index is 525. The summed E-state index contributed by atoms with van der Waals surface area (Å²) in [5.74, 6) is 2.49. The van der Waals surface area contributed by atoms with Gasteiger partial charge in [-0.15, -0.1) is 24.0 Å². The van der Waals surface area contributed by atoms with Crippen LogP contribution in [0.1, 0.15) is 51.9 Å². The highest BCUT2D eigenvalue weighted by Crippen LogP contribution is 2.28. The van der Waals surface area contributed by atoms with E-state index in [2.05, 4.69) is 27.3 Å². The first-order chi connectivity index (χ1) is 12.0. The Morgan fingerprint density at radius 2 is 1.92 bits per heavy atom. The van der Waals surface area contributed by atoms with Gasteiger partial charge >= 0.3 is 0 Å². The minimum atomic E-state index is -3.20. The SMILES string of the molecule is CCSC1CCCC(NC(=NC)NCCS(=O)(=O)NCC2CCC2)C1.I. The third kappa shape index (κ3) is 8.97. The number of aliphatic imine (C=N–C) groups is 1. The van der Waals surface area contributed by atoms with E-state index < -0.39 is 10.0 Å². The van der Waals surface area contributed by atoms with Crippen LogP contribution in [0.3, 0.4) is 0 Å². The van der Waals surface area contributed by atoms with E-state index in [-0.39, 0.29) is 29.7 Å². The van der Waals surface area contributed by atoms with Gasteiger partial charge in [0, 0.05) is 31.4 Å². The Labute approximate surface area is 180 Å². The van der Waals surface area contributed by atoms with E-state index >= 15 is 0 Å². The first-order valence-electron chi connectivity index (χ1n) is 9.58. The number of guanidine groups is 1. The van der Waals surface area contributed by atoms with Crippen LogP contribution in [0.5, 0.6) is 0 Å². The smallest absolute Gasteiger partial charge is 0.213 e. The molecule has 0 bridgehead atoms. The van der Waals surface area contributed by atoms with Crippen molar-refractivity contribution in [3.63, 3.8) is 0 Å². The lowest BCUT2D eigenvalue weighted by Crippen LogP contribution is -2.47. The molecule has 2 aliphatic carbocycles. The molecule has 2 aliphatic rings. The van der Waals surface area contributed by atoms with Crippen molar-refractivity contribution in [1.82, 2.24) is 15.4 Å². The van der Waals surface area contributed by atoms with Crippen molar-refractivity contribution in [3.05, 3.63) is 0 Å². The largest absolute Gasteiger partial charge is 0.355 e. The summed E-state index contributed by atoms with van der Waals surface area (Å²) >= 11 is 2.04. The van der Waals surface area contributed by atoms with E-state index in [1.807, 2.05) is 11.8 Å². The van der Waals surface area contributed by atoms with Crippen LogP contribution in [0.4, 0.5) is 0 Å². The van der Waals surface area contributed by atoms with E-state index in [4.69, 9.17) is 0 Å². The Balaban J connectivity index is 0.00000338. The number of hydrogen-bond donors (Lipinski definition) is 3. The predicted molar refractivity (Wildman–Crippen MR) is 123 cm³/mol. The molecule has 0 aromatic heterocycles. The third-order valence-corrected chi connectivity index (χ3v) is 7.65. The summed E-state index contributed by atoms with van der Waals surface area (Å²) in [7, 11) is -1.47. The molecule has 0 radical (unpaired) electrons. The average Bonchev–Trinajstić information content (AvgIpc) is 2.53. The zero-order chi connectivity index (χ0) is 18.1. The summed E-state index contributed by atoms with van der Waals surface area (Å²) in [5, 5.41) is 7.33. The highest BCUT2D eigenvalue weighted by atomic mass is 127. The molecule has 0 spiro atoms. The van der Waals surface area contributed by atoms with E-state index in [1.165, 1.54) is 19.3 Å². The van der Waals surface area contributed by atoms with Gasteiger partial charge in [-0.3, -0.25) is 4.99 Å². The van der Waals surface area contributed by atoms with E-state index in [1.54, 1.807) is 7.05 Å². The van der Waals surface area contributed by atoms with E-state index in [0.29, 0.717) is 31.0 Å². The predicted octanol–water partition coefficient (Wildman–Crippen LogP) is 2.55. The van der Waals surface area contributed by atoms with Gasteiger partial charge in [0.05, 0.1) is 5.75 Å². The van der Waals surface area contributed by atoms with Gasteiger partial charge in [0.25, 0.3) is 0 Å². The first kappa shape index (κ1) is 24.3. The number of rotatable bonds is 9. The molecule has 154 valence electrons. The summed E-state index contributed by atoms with van der Waals surface area (Å²) in [6.07, 6.45) is 8.38. The minimum Gasteiger partial charge on any atom is -0.355 e. The van der Waals surface area contributed by atoms with Crippen molar-refractivity contribution in [2.45, 2.75) is 63.2 Å². The van der Waals surface area contributed by atoms with Crippen LogP contribution in [0, 0.1) is 5.92 Å². The van der Waals surface area contributed by atoms with Crippen molar-refractivity contribution < 1.29 is 8.42 Å². The molecule has 2 rings (SSSR count). The van der Waals surface area contributed by atoms with E-state index in [0.717, 1.165) is 36.7 Å². The molecule has 0 aromatic rings. The lowest BCUT2D eigenvalue weighted by atomic mass is 9.86. The number of nitrogens with one attached hydrogen (secondary N) is 3. The Morgan fingerprint density at radius 1 is 1.19 bits per heavy atom. The third-order valence-electron chi connectivity index (χ3n) is 5.07. The Morgan fingerprint density at radius 3 is 2.54 bits per heavy atom. The second-order valence-corrected chi connectivity index (χ2v) is 10.6. The summed E-state index contributed by atoms with van der Waals surface area (Å²) in [4.78, 5) is 4.24. The summed E-state index contributed by atoms with van der Waals surface area (Å²) < 4.78 is 26.8. The molecule has 2 unspecified atom stereocenters. The molecular weight excluding hydrogens is 483 g/mol. The number of halogens is 1. The van der Waals surface area contributed by atoms with Crippen molar-refractivity contribution >= 4 is 51.7 Å². The van der Waals surface area contributed by atoms with Crippen LogP contribution in [0.2, 0.25) is 0 Å². The molecule has 0 heterocycles. The monoisotopic (exact) mass is 518 g/mol. The van der Waals surface area contributed by atoms with Crippen molar-refractivity contribution in [2.75, 3.05) is 31.6 Å². The maximum atomic E-state index is 12.0. The lowest BCUT2D eigenvalue weighted by molar-refractivity contribution is 0.316. The van der Waals surface area contributed by atoms with Crippen LogP contribution in [-0.2, 0) is 10.0 Å². The van der Waals surface area contributed by atoms with Crippen molar-refractivity contribution in [2.24, 2.45) is 10.9 Å². The zero-order valence-corrected chi connectivity index (χ0v) is 20.0. The quantitative estimate of drug-likeness (QED) is 0.248. The maximum absolute atomic E-state index is 12.0. The van der Waals surface area contributed by atoms with Gasteiger partial charge < -0.3 is 10.6 Å². The number of hydrogen-bond acceptors (Lipinski definition) is 4. The molecule has 0 aliphatic heterocycles. The molecule has 26 heavy (non-hydrogen) atoms. The fraction of sp³-hybridized carbons (Fsp3) is 0.941. The number of nitrogens with zero attached hydrogens (tertiary/aromatic N) is 1. The van der Waals surface area contributed by atoms with Crippen LogP contribution in [0.15, 0.2) is 4.99 Å². The Hall–Kier alpha value is 0.260. The second kappa shape index (κ2) is 12.7. The summed E-state index contributed by atoms with van der Waals surface area (Å²) in [6.45, 7) is 3.18. The summed E-state index contributed by atoms with van der Waals surface area (Å²) in [5.41, 5.74) is 0. The summed E-state index contributed by atoms with van der Waals surface area (Å²) in [6, 6.07) is 0.428.